The van der Waals surface area contributed by atoms with Crippen LogP contribution in [0.5, 0.6) is 0 Å². The van der Waals surface area contributed by atoms with Gasteiger partial charge in [-0.25, -0.2) is 4.98 Å². The Balaban J connectivity index is 2.46. The molecule has 0 aliphatic rings. The van der Waals surface area contributed by atoms with Crippen molar-refractivity contribution in [2.24, 2.45) is 5.73 Å². The zero-order chi connectivity index (χ0) is 11.1. The predicted molar refractivity (Wildman–Crippen MR) is 57.7 cm³/mol. The van der Waals surface area contributed by atoms with Crippen LogP contribution in [0.15, 0.2) is 24.7 Å². The fraction of sp³-hybridized carbons (Fsp3) is 0. The topological polar surface area (TPSA) is 97.5 Å². The van der Waals surface area contributed by atoms with Crippen molar-refractivity contribution >= 4 is 27.7 Å². The molecule has 0 saturated heterocycles. The summed E-state index contributed by atoms with van der Waals surface area (Å²) in [4.78, 5) is 19.2. The van der Waals surface area contributed by atoms with Crippen molar-refractivity contribution in [3.63, 3.8) is 0 Å². The van der Waals surface area contributed by atoms with Gasteiger partial charge in [-0.1, -0.05) is 0 Å². The summed E-state index contributed by atoms with van der Waals surface area (Å²) in [5.74, 6) is -0.553. The SMILES string of the molecule is NC(=O)c1cc2c(cn1)ncc1[nH]ncc12. The van der Waals surface area contributed by atoms with Crippen molar-refractivity contribution in [1.82, 2.24) is 20.2 Å². The van der Waals surface area contributed by atoms with E-state index in [0.29, 0.717) is 5.52 Å². The number of carbonyl (C=O) groups is 1. The summed E-state index contributed by atoms with van der Waals surface area (Å²) in [6, 6.07) is 1.63. The van der Waals surface area contributed by atoms with Gasteiger partial charge in [-0.05, 0) is 6.07 Å². The molecular formula is C10H7N5O. The van der Waals surface area contributed by atoms with Crippen LogP contribution in [0.25, 0.3) is 21.8 Å². The minimum absolute atomic E-state index is 0.225. The van der Waals surface area contributed by atoms with Crippen molar-refractivity contribution in [3.8, 4) is 0 Å². The number of nitrogens with one attached hydrogen (secondary N) is 1. The number of pyridine rings is 2. The molecule has 6 nitrogen and oxygen atoms in total. The molecule has 0 fully saturated rings. The third kappa shape index (κ3) is 1.13. The molecule has 3 aromatic rings. The first-order valence-electron chi connectivity index (χ1n) is 4.63. The van der Waals surface area contributed by atoms with Crippen molar-refractivity contribution < 1.29 is 4.79 Å². The highest BCUT2D eigenvalue weighted by Gasteiger charge is 2.07. The fourth-order valence-electron chi connectivity index (χ4n) is 1.64. The summed E-state index contributed by atoms with van der Waals surface area (Å²) in [5, 5.41) is 8.45. The molecule has 16 heavy (non-hydrogen) atoms. The number of nitrogens with two attached hydrogens (primary N) is 1. The van der Waals surface area contributed by atoms with Gasteiger partial charge in [0, 0.05) is 10.8 Å². The average molecular weight is 213 g/mol. The molecule has 0 aliphatic heterocycles. The van der Waals surface area contributed by atoms with Crippen LogP contribution in [0.4, 0.5) is 0 Å². The maximum absolute atomic E-state index is 11.0. The zero-order valence-electron chi connectivity index (χ0n) is 8.14. The lowest BCUT2D eigenvalue weighted by molar-refractivity contribution is 0.0996. The average Bonchev–Trinajstić information content (AvgIpc) is 2.76. The molecule has 6 heteroatoms. The first-order valence-corrected chi connectivity index (χ1v) is 4.63. The van der Waals surface area contributed by atoms with Gasteiger partial charge in [0.2, 0.25) is 0 Å². The minimum atomic E-state index is -0.553. The summed E-state index contributed by atoms with van der Waals surface area (Å²) >= 11 is 0. The number of nitrogens with zero attached hydrogens (tertiary/aromatic N) is 3. The van der Waals surface area contributed by atoms with Gasteiger partial charge < -0.3 is 5.73 Å². The van der Waals surface area contributed by atoms with Crippen molar-refractivity contribution in [2.45, 2.75) is 0 Å². The molecule has 3 aromatic heterocycles. The van der Waals surface area contributed by atoms with E-state index >= 15 is 0 Å². The quantitative estimate of drug-likeness (QED) is 0.618. The molecule has 0 spiro atoms. The van der Waals surface area contributed by atoms with E-state index in [2.05, 4.69) is 20.2 Å². The van der Waals surface area contributed by atoms with Gasteiger partial charge in [0.1, 0.15) is 5.69 Å². The molecule has 78 valence electrons. The van der Waals surface area contributed by atoms with Crippen LogP contribution in [-0.4, -0.2) is 26.1 Å². The Labute approximate surface area is 89.5 Å². The Kier molecular flexibility index (Phi) is 1.64. The highest BCUT2D eigenvalue weighted by atomic mass is 16.1. The maximum atomic E-state index is 11.0. The van der Waals surface area contributed by atoms with Gasteiger partial charge in [-0.2, -0.15) is 5.10 Å². The number of hydrogen-bond acceptors (Lipinski definition) is 4. The first kappa shape index (κ1) is 8.78. The van der Waals surface area contributed by atoms with Crippen molar-refractivity contribution in [1.29, 1.82) is 0 Å². The molecule has 0 aromatic carbocycles. The van der Waals surface area contributed by atoms with Crippen molar-refractivity contribution in [2.75, 3.05) is 0 Å². The van der Waals surface area contributed by atoms with Gasteiger partial charge in [-0.3, -0.25) is 14.9 Å². The maximum Gasteiger partial charge on any atom is 0.267 e. The van der Waals surface area contributed by atoms with Gasteiger partial charge in [0.25, 0.3) is 5.91 Å². The van der Waals surface area contributed by atoms with E-state index in [9.17, 15) is 4.79 Å². The second-order valence-corrected chi connectivity index (χ2v) is 3.41. The number of amides is 1. The second-order valence-electron chi connectivity index (χ2n) is 3.41. The summed E-state index contributed by atoms with van der Waals surface area (Å²) in [6.07, 6.45) is 4.89. The number of H-pyrrole nitrogens is 1. The lowest BCUT2D eigenvalue weighted by Crippen LogP contribution is -2.12. The molecule has 0 saturated carbocycles. The number of hydrogen-bond donors (Lipinski definition) is 2. The lowest BCUT2D eigenvalue weighted by atomic mass is 10.1. The molecule has 0 aliphatic carbocycles. The van der Waals surface area contributed by atoms with Crippen LogP contribution < -0.4 is 5.73 Å². The summed E-state index contributed by atoms with van der Waals surface area (Å²) < 4.78 is 0. The Morgan fingerprint density at radius 2 is 2.06 bits per heavy atom. The predicted octanol–water partition coefficient (Wildman–Crippen LogP) is 0.605. The van der Waals surface area contributed by atoms with Crippen LogP contribution >= 0.6 is 0 Å². The van der Waals surface area contributed by atoms with E-state index in [1.165, 1.54) is 6.20 Å². The van der Waals surface area contributed by atoms with E-state index in [4.69, 9.17) is 5.73 Å². The van der Waals surface area contributed by atoms with Crippen molar-refractivity contribution in [3.05, 3.63) is 30.4 Å². The van der Waals surface area contributed by atoms with Crippen LogP contribution in [0.1, 0.15) is 10.5 Å². The second kappa shape index (κ2) is 2.99. The van der Waals surface area contributed by atoms with Gasteiger partial charge >= 0.3 is 0 Å². The van der Waals surface area contributed by atoms with E-state index in [0.717, 1.165) is 16.3 Å². The molecule has 3 N–H and O–H groups in total. The first-order chi connectivity index (χ1) is 7.75. The smallest absolute Gasteiger partial charge is 0.267 e. The number of primary amides is 1. The molecule has 3 rings (SSSR count). The van der Waals surface area contributed by atoms with Crippen LogP contribution in [-0.2, 0) is 0 Å². The summed E-state index contributed by atoms with van der Waals surface area (Å²) in [7, 11) is 0. The molecule has 0 atom stereocenters. The third-order valence-corrected chi connectivity index (χ3v) is 2.43. The van der Waals surface area contributed by atoms with E-state index in [1.54, 1.807) is 18.5 Å². The van der Waals surface area contributed by atoms with Gasteiger partial charge in [-0.15, -0.1) is 0 Å². The highest BCUT2D eigenvalue weighted by molar-refractivity contribution is 6.05. The normalized spacial score (nSPS) is 11.0. The van der Waals surface area contributed by atoms with E-state index < -0.39 is 5.91 Å². The van der Waals surface area contributed by atoms with Crippen LogP contribution in [0, 0.1) is 0 Å². The van der Waals surface area contributed by atoms with Gasteiger partial charge in [0.15, 0.2) is 0 Å². The number of aromatic amines is 1. The summed E-state index contributed by atoms with van der Waals surface area (Å²) in [6.45, 7) is 0. The largest absolute Gasteiger partial charge is 0.364 e. The van der Waals surface area contributed by atoms with Gasteiger partial charge in [0.05, 0.1) is 29.6 Å². The number of fused-ring (bicyclic) bond motifs is 3. The molecule has 0 radical (unpaired) electrons. The number of carbonyl (C=O) groups excluding carboxylic acids is 1. The molecule has 0 unspecified atom stereocenters. The van der Waals surface area contributed by atoms with E-state index in [1.807, 2.05) is 0 Å². The molecule has 1 amide bonds. The minimum Gasteiger partial charge on any atom is -0.364 e. The number of rotatable bonds is 1. The zero-order valence-corrected chi connectivity index (χ0v) is 8.14. The molecule has 3 heterocycles. The Morgan fingerprint density at radius 1 is 1.19 bits per heavy atom. The number of aromatic nitrogens is 4. The third-order valence-electron chi connectivity index (χ3n) is 2.43. The van der Waals surface area contributed by atoms with Crippen LogP contribution in [0.3, 0.4) is 0 Å². The highest BCUT2D eigenvalue weighted by Crippen LogP contribution is 2.21. The Hall–Kier alpha value is -2.50. The molecule has 0 bridgehead atoms. The fourth-order valence-corrected chi connectivity index (χ4v) is 1.64. The Morgan fingerprint density at radius 3 is 2.88 bits per heavy atom. The molecular weight excluding hydrogens is 206 g/mol. The standard InChI is InChI=1S/C10H7N5O/c11-10(16)7-1-5-6-2-14-15-9(6)4-13-8(5)3-12-7/h1-4H,(H2,11,16)(H,14,15). The summed E-state index contributed by atoms with van der Waals surface area (Å²) in [5.41, 5.74) is 6.93. The Bertz CT molecular complexity index is 703. The lowest BCUT2D eigenvalue weighted by Gasteiger charge is -1.99. The monoisotopic (exact) mass is 213 g/mol. The van der Waals surface area contributed by atoms with Crippen LogP contribution in [0.2, 0.25) is 0 Å². The van der Waals surface area contributed by atoms with E-state index in [-0.39, 0.29) is 5.69 Å².